The number of hydrogen-bond donors (Lipinski definition) is 2. The summed E-state index contributed by atoms with van der Waals surface area (Å²) in [5.74, 6) is -1.35. The molecule has 0 spiro atoms. The van der Waals surface area contributed by atoms with Crippen molar-refractivity contribution in [3.8, 4) is 0 Å². The van der Waals surface area contributed by atoms with Crippen molar-refractivity contribution in [1.29, 1.82) is 0 Å². The van der Waals surface area contributed by atoms with Gasteiger partial charge in [0.15, 0.2) is 0 Å². The molecule has 0 saturated carbocycles. The van der Waals surface area contributed by atoms with Gasteiger partial charge in [0.25, 0.3) is 0 Å². The minimum Gasteiger partial charge on any atom is -0.481 e. The van der Waals surface area contributed by atoms with E-state index in [2.05, 4.69) is 4.72 Å². The third-order valence-corrected chi connectivity index (χ3v) is 4.20. The lowest BCUT2D eigenvalue weighted by atomic mass is 10.1. The summed E-state index contributed by atoms with van der Waals surface area (Å²) in [5, 5.41) is 10.4. The van der Waals surface area contributed by atoms with Crippen molar-refractivity contribution in [2.45, 2.75) is 19.8 Å². The standard InChI is InChI=1S/C14H18ClNO4S/c1-11(14(17)18)3-2-9-16-21(19,20)10-8-12-4-6-13(15)7-5-12/h4-8,10-11,16H,2-3,9H2,1H3,(H,17,18)/b10-8+. The average molecular weight is 332 g/mol. The fourth-order valence-electron chi connectivity index (χ4n) is 1.54. The Labute approximate surface area is 129 Å². The maximum Gasteiger partial charge on any atom is 0.306 e. The first kappa shape index (κ1) is 17.7. The van der Waals surface area contributed by atoms with E-state index in [0.717, 1.165) is 11.0 Å². The number of nitrogens with one attached hydrogen (secondary N) is 1. The first-order chi connectivity index (χ1) is 9.80. The topological polar surface area (TPSA) is 83.5 Å². The third kappa shape index (κ3) is 7.27. The first-order valence-corrected chi connectivity index (χ1v) is 8.39. The molecule has 116 valence electrons. The molecule has 0 bridgehead atoms. The lowest BCUT2D eigenvalue weighted by Crippen LogP contribution is -2.23. The lowest BCUT2D eigenvalue weighted by Gasteiger charge is -2.06. The Balaban J connectivity index is 2.43. The highest BCUT2D eigenvalue weighted by Gasteiger charge is 2.11. The third-order valence-electron chi connectivity index (χ3n) is 2.85. The maximum absolute atomic E-state index is 11.7. The van der Waals surface area contributed by atoms with Crippen molar-refractivity contribution >= 4 is 33.7 Å². The van der Waals surface area contributed by atoms with E-state index in [1.807, 2.05) is 0 Å². The number of carboxylic acids is 1. The van der Waals surface area contributed by atoms with Crippen LogP contribution in [-0.4, -0.2) is 26.0 Å². The Hall–Kier alpha value is -1.37. The van der Waals surface area contributed by atoms with Gasteiger partial charge >= 0.3 is 5.97 Å². The molecule has 1 aromatic rings. The van der Waals surface area contributed by atoms with E-state index in [0.29, 0.717) is 17.9 Å². The Morgan fingerprint density at radius 3 is 2.57 bits per heavy atom. The monoisotopic (exact) mass is 331 g/mol. The van der Waals surface area contributed by atoms with Gasteiger partial charge < -0.3 is 5.11 Å². The highest BCUT2D eigenvalue weighted by atomic mass is 35.5. The van der Waals surface area contributed by atoms with Crippen LogP contribution in [0.2, 0.25) is 5.02 Å². The van der Waals surface area contributed by atoms with Crippen LogP contribution in [-0.2, 0) is 14.8 Å². The van der Waals surface area contributed by atoms with Crippen LogP contribution in [0, 0.1) is 5.92 Å². The summed E-state index contributed by atoms with van der Waals surface area (Å²) in [6.45, 7) is 1.81. The summed E-state index contributed by atoms with van der Waals surface area (Å²) in [7, 11) is -3.52. The molecule has 1 unspecified atom stereocenters. The second-order valence-electron chi connectivity index (χ2n) is 4.68. The van der Waals surface area contributed by atoms with Gasteiger partial charge in [0.05, 0.1) is 5.92 Å². The summed E-state index contributed by atoms with van der Waals surface area (Å²) >= 11 is 5.74. The zero-order valence-electron chi connectivity index (χ0n) is 11.6. The fourth-order valence-corrected chi connectivity index (χ4v) is 2.52. The molecule has 5 nitrogen and oxygen atoms in total. The Morgan fingerprint density at radius 1 is 1.38 bits per heavy atom. The molecule has 0 aliphatic rings. The summed E-state index contributed by atoms with van der Waals surface area (Å²) in [5.41, 5.74) is 0.726. The van der Waals surface area contributed by atoms with Gasteiger partial charge in [0.2, 0.25) is 10.0 Å². The fraction of sp³-hybridized carbons (Fsp3) is 0.357. The van der Waals surface area contributed by atoms with Crippen molar-refractivity contribution in [3.05, 3.63) is 40.3 Å². The second kappa shape index (κ2) is 8.17. The van der Waals surface area contributed by atoms with Crippen molar-refractivity contribution in [2.75, 3.05) is 6.54 Å². The summed E-state index contributed by atoms with van der Waals surface area (Å²) in [4.78, 5) is 10.6. The van der Waals surface area contributed by atoms with E-state index < -0.39 is 21.9 Å². The number of carbonyl (C=O) groups is 1. The van der Waals surface area contributed by atoms with E-state index in [1.165, 1.54) is 6.08 Å². The number of sulfonamides is 1. The summed E-state index contributed by atoms with van der Waals surface area (Å²) < 4.78 is 25.8. The number of halogens is 1. The molecule has 0 heterocycles. The molecule has 1 rings (SSSR count). The molecule has 0 aliphatic carbocycles. The molecule has 1 atom stereocenters. The van der Waals surface area contributed by atoms with E-state index in [1.54, 1.807) is 31.2 Å². The summed E-state index contributed by atoms with van der Waals surface area (Å²) in [6.07, 6.45) is 2.37. The van der Waals surface area contributed by atoms with Crippen LogP contribution < -0.4 is 4.72 Å². The van der Waals surface area contributed by atoms with E-state index in [9.17, 15) is 13.2 Å². The Bertz CT molecular complexity index is 596. The molecule has 0 aromatic heterocycles. The highest BCUT2D eigenvalue weighted by Crippen LogP contribution is 2.11. The molecule has 0 aliphatic heterocycles. The number of aliphatic carboxylic acids is 1. The van der Waals surface area contributed by atoms with Crippen molar-refractivity contribution in [2.24, 2.45) is 5.92 Å². The lowest BCUT2D eigenvalue weighted by molar-refractivity contribution is -0.141. The number of rotatable bonds is 8. The number of carboxylic acid groups (broad SMARTS) is 1. The van der Waals surface area contributed by atoms with Gasteiger partial charge in [0.1, 0.15) is 0 Å². The second-order valence-corrected chi connectivity index (χ2v) is 6.76. The minimum atomic E-state index is -3.52. The van der Waals surface area contributed by atoms with Gasteiger partial charge in [-0.05, 0) is 36.6 Å². The maximum atomic E-state index is 11.7. The predicted octanol–water partition coefficient (Wildman–Crippen LogP) is 2.73. The molecule has 0 radical (unpaired) electrons. The predicted molar refractivity (Wildman–Crippen MR) is 83.4 cm³/mol. The van der Waals surface area contributed by atoms with Crippen molar-refractivity contribution < 1.29 is 18.3 Å². The molecule has 1 aromatic carbocycles. The van der Waals surface area contributed by atoms with Gasteiger partial charge in [-0.3, -0.25) is 4.79 Å². The molecule has 0 amide bonds. The van der Waals surface area contributed by atoms with Crippen molar-refractivity contribution in [1.82, 2.24) is 4.72 Å². The molecular formula is C14H18ClNO4S. The van der Waals surface area contributed by atoms with Crippen LogP contribution >= 0.6 is 11.6 Å². The zero-order chi connectivity index (χ0) is 15.9. The van der Waals surface area contributed by atoms with E-state index >= 15 is 0 Å². The smallest absolute Gasteiger partial charge is 0.306 e. The first-order valence-electron chi connectivity index (χ1n) is 6.46. The van der Waals surface area contributed by atoms with Gasteiger partial charge in [-0.15, -0.1) is 0 Å². The molecule has 0 fully saturated rings. The molecule has 21 heavy (non-hydrogen) atoms. The van der Waals surface area contributed by atoms with Crippen molar-refractivity contribution in [3.63, 3.8) is 0 Å². The zero-order valence-corrected chi connectivity index (χ0v) is 13.2. The average Bonchev–Trinajstić information content (AvgIpc) is 2.42. The summed E-state index contributed by atoms with van der Waals surface area (Å²) in [6, 6.07) is 6.77. The van der Waals surface area contributed by atoms with Gasteiger partial charge in [-0.1, -0.05) is 30.7 Å². The van der Waals surface area contributed by atoms with Crippen LogP contribution in [0.25, 0.3) is 6.08 Å². The SMILES string of the molecule is CC(CCCNS(=O)(=O)/C=C/c1ccc(Cl)cc1)C(=O)O. The van der Waals surface area contributed by atoms with Crippen LogP contribution in [0.1, 0.15) is 25.3 Å². The number of hydrogen-bond acceptors (Lipinski definition) is 3. The highest BCUT2D eigenvalue weighted by molar-refractivity contribution is 7.92. The quantitative estimate of drug-likeness (QED) is 0.717. The Kier molecular flexibility index (Phi) is 6.87. The van der Waals surface area contributed by atoms with Crippen LogP contribution in [0.3, 0.4) is 0 Å². The van der Waals surface area contributed by atoms with Crippen LogP contribution in [0.4, 0.5) is 0 Å². The largest absolute Gasteiger partial charge is 0.481 e. The Morgan fingerprint density at radius 2 is 2.00 bits per heavy atom. The molecule has 0 saturated heterocycles. The van der Waals surface area contributed by atoms with Crippen LogP contribution in [0.15, 0.2) is 29.7 Å². The molecular weight excluding hydrogens is 314 g/mol. The van der Waals surface area contributed by atoms with Gasteiger partial charge in [-0.25, -0.2) is 13.1 Å². The van der Waals surface area contributed by atoms with Gasteiger partial charge in [-0.2, -0.15) is 0 Å². The van der Waals surface area contributed by atoms with E-state index in [4.69, 9.17) is 16.7 Å². The number of benzene rings is 1. The molecule has 7 heteroatoms. The molecule has 2 N–H and O–H groups in total. The normalized spacial score (nSPS) is 13.4. The van der Waals surface area contributed by atoms with Gasteiger partial charge in [0, 0.05) is 17.0 Å². The van der Waals surface area contributed by atoms with E-state index in [-0.39, 0.29) is 6.54 Å². The van der Waals surface area contributed by atoms with Crippen LogP contribution in [0.5, 0.6) is 0 Å². The minimum absolute atomic E-state index is 0.213.